The smallest absolute Gasteiger partial charge is 0.335 e. The molecule has 3 N–H and O–H groups in total. The second kappa shape index (κ2) is 6.87. The summed E-state index contributed by atoms with van der Waals surface area (Å²) in [5, 5.41) is 12.2. The van der Waals surface area contributed by atoms with Crippen LogP contribution in [0.15, 0.2) is 27.6 Å². The summed E-state index contributed by atoms with van der Waals surface area (Å²) >= 11 is 3.11. The van der Waals surface area contributed by atoms with Gasteiger partial charge in [0.15, 0.2) is 0 Å². The number of hydrogen-bond donors (Lipinski definition) is 3. The minimum atomic E-state index is -3.64. The number of carboxylic acid groups (broad SMARTS) is 1. The van der Waals surface area contributed by atoms with E-state index in [-0.39, 0.29) is 14.9 Å². The van der Waals surface area contributed by atoms with E-state index in [4.69, 9.17) is 5.11 Å². The van der Waals surface area contributed by atoms with Crippen molar-refractivity contribution in [2.75, 3.05) is 13.1 Å². The molecule has 0 spiro atoms. The molecule has 1 fully saturated rings. The molecule has 8 heteroatoms. The highest BCUT2D eigenvalue weighted by atomic mass is 79.9. The molecule has 0 saturated heterocycles. The lowest BCUT2D eigenvalue weighted by atomic mass is 10.2. The van der Waals surface area contributed by atoms with E-state index in [9.17, 15) is 13.2 Å². The molecule has 0 bridgehead atoms. The highest BCUT2D eigenvalue weighted by molar-refractivity contribution is 9.10. The number of nitrogens with one attached hydrogen (secondary N) is 2. The molecule has 0 aliphatic heterocycles. The maximum atomic E-state index is 12.1. The Balaban J connectivity index is 1.92. The summed E-state index contributed by atoms with van der Waals surface area (Å²) in [5.74, 6) is -1.10. The molecule has 1 aromatic rings. The minimum Gasteiger partial charge on any atom is -0.478 e. The van der Waals surface area contributed by atoms with Gasteiger partial charge in [0.2, 0.25) is 10.0 Å². The van der Waals surface area contributed by atoms with Crippen molar-refractivity contribution >= 4 is 31.9 Å². The Hall–Kier alpha value is -0.960. The van der Waals surface area contributed by atoms with E-state index in [2.05, 4.69) is 26.0 Å². The fourth-order valence-corrected chi connectivity index (χ4v) is 3.97. The summed E-state index contributed by atoms with van der Waals surface area (Å²) in [7, 11) is -3.64. The Morgan fingerprint density at radius 3 is 2.62 bits per heavy atom. The lowest BCUT2D eigenvalue weighted by Gasteiger charge is -2.09. The van der Waals surface area contributed by atoms with Gasteiger partial charge in [0, 0.05) is 17.1 Å². The molecule has 21 heavy (non-hydrogen) atoms. The maximum Gasteiger partial charge on any atom is 0.335 e. The third-order valence-corrected chi connectivity index (χ3v) is 5.56. The quantitative estimate of drug-likeness (QED) is 0.598. The molecule has 2 rings (SSSR count). The van der Waals surface area contributed by atoms with Crippen molar-refractivity contribution in [1.82, 2.24) is 10.0 Å². The fraction of sp³-hybridized carbons (Fsp3) is 0.462. The molecule has 0 radical (unpaired) electrons. The topological polar surface area (TPSA) is 95.5 Å². The number of halogens is 1. The van der Waals surface area contributed by atoms with E-state index >= 15 is 0 Å². The molecule has 6 nitrogen and oxygen atoms in total. The molecule has 0 atom stereocenters. The molecule has 0 amide bonds. The Bertz CT molecular complexity index is 629. The first-order chi connectivity index (χ1) is 9.90. The van der Waals surface area contributed by atoms with Crippen LogP contribution in [0.2, 0.25) is 0 Å². The van der Waals surface area contributed by atoms with Crippen molar-refractivity contribution in [2.24, 2.45) is 0 Å². The zero-order valence-electron chi connectivity index (χ0n) is 11.3. The van der Waals surface area contributed by atoms with Crippen LogP contribution in [0.4, 0.5) is 0 Å². The number of carbonyl (C=O) groups is 1. The van der Waals surface area contributed by atoms with Crippen molar-refractivity contribution < 1.29 is 18.3 Å². The highest BCUT2D eigenvalue weighted by Crippen LogP contribution is 2.23. The molecular weight excluding hydrogens is 360 g/mol. The largest absolute Gasteiger partial charge is 0.478 e. The molecule has 1 aliphatic carbocycles. The summed E-state index contributed by atoms with van der Waals surface area (Å²) in [6, 6.07) is 4.46. The lowest BCUT2D eigenvalue weighted by Crippen LogP contribution is -2.28. The van der Waals surface area contributed by atoms with Gasteiger partial charge < -0.3 is 10.4 Å². The zero-order chi connectivity index (χ0) is 15.5. The van der Waals surface area contributed by atoms with Crippen LogP contribution in [-0.4, -0.2) is 38.6 Å². The van der Waals surface area contributed by atoms with E-state index in [1.165, 1.54) is 31.0 Å². The summed E-state index contributed by atoms with van der Waals surface area (Å²) in [6.07, 6.45) is 3.11. The number of sulfonamides is 1. The van der Waals surface area contributed by atoms with Crippen LogP contribution in [0, 0.1) is 0 Å². The Kier molecular flexibility index (Phi) is 5.37. The predicted molar refractivity (Wildman–Crippen MR) is 81.9 cm³/mol. The molecule has 1 aromatic carbocycles. The molecule has 116 valence electrons. The first kappa shape index (κ1) is 16.4. The van der Waals surface area contributed by atoms with Gasteiger partial charge in [0.05, 0.1) is 10.5 Å². The second-order valence-corrected chi connectivity index (χ2v) is 7.52. The van der Waals surface area contributed by atoms with E-state index in [0.717, 1.165) is 6.54 Å². The third-order valence-electron chi connectivity index (χ3n) is 3.12. The molecule has 1 saturated carbocycles. The van der Waals surface area contributed by atoms with Crippen molar-refractivity contribution in [3.05, 3.63) is 28.2 Å². The Labute approximate surface area is 132 Å². The van der Waals surface area contributed by atoms with Gasteiger partial charge in [-0.1, -0.05) is 0 Å². The van der Waals surface area contributed by atoms with E-state index in [0.29, 0.717) is 19.0 Å². The van der Waals surface area contributed by atoms with Gasteiger partial charge in [-0.3, -0.25) is 0 Å². The van der Waals surface area contributed by atoms with Crippen LogP contribution < -0.4 is 10.0 Å². The van der Waals surface area contributed by atoms with Crippen molar-refractivity contribution in [1.29, 1.82) is 0 Å². The van der Waals surface area contributed by atoms with Gasteiger partial charge in [-0.2, -0.15) is 0 Å². The third kappa shape index (κ3) is 4.77. The first-order valence-corrected chi connectivity index (χ1v) is 8.93. The summed E-state index contributed by atoms with van der Waals surface area (Å²) in [6.45, 7) is 1.13. The van der Waals surface area contributed by atoms with Gasteiger partial charge in [0.25, 0.3) is 0 Å². The average molecular weight is 377 g/mol. The van der Waals surface area contributed by atoms with Crippen LogP contribution in [-0.2, 0) is 10.0 Å². The summed E-state index contributed by atoms with van der Waals surface area (Å²) in [5.41, 5.74) is 0.0365. The Morgan fingerprint density at radius 1 is 1.33 bits per heavy atom. The van der Waals surface area contributed by atoms with Crippen molar-refractivity contribution in [3.8, 4) is 0 Å². The lowest BCUT2D eigenvalue weighted by molar-refractivity contribution is 0.0696. The normalized spacial score (nSPS) is 15.1. The second-order valence-electron chi connectivity index (χ2n) is 4.93. The van der Waals surface area contributed by atoms with Gasteiger partial charge in [0.1, 0.15) is 0 Å². The number of rotatable bonds is 8. The molecule has 0 aromatic heterocycles. The fourth-order valence-electron chi connectivity index (χ4n) is 1.82. The maximum absolute atomic E-state index is 12.1. The van der Waals surface area contributed by atoms with E-state index < -0.39 is 16.0 Å². The summed E-state index contributed by atoms with van der Waals surface area (Å²) < 4.78 is 27.0. The van der Waals surface area contributed by atoms with E-state index in [1.54, 1.807) is 0 Å². The molecule has 0 unspecified atom stereocenters. The predicted octanol–water partition coefficient (Wildman–Crippen LogP) is 1.57. The Morgan fingerprint density at radius 2 is 2.05 bits per heavy atom. The molecule has 1 aliphatic rings. The summed E-state index contributed by atoms with van der Waals surface area (Å²) in [4.78, 5) is 10.9. The standard InChI is InChI=1S/C13H17BrN2O4S/c14-11-8-9(13(17)18)2-5-12(11)21(19,20)16-7-1-6-15-10-3-4-10/h2,5,8,10,15-16H,1,3-4,6-7H2,(H,17,18). The van der Waals surface area contributed by atoms with Gasteiger partial charge in [-0.05, 0) is 59.9 Å². The zero-order valence-corrected chi connectivity index (χ0v) is 13.7. The number of benzene rings is 1. The van der Waals surface area contributed by atoms with Crippen LogP contribution in [0.5, 0.6) is 0 Å². The van der Waals surface area contributed by atoms with Crippen molar-refractivity contribution in [2.45, 2.75) is 30.2 Å². The SMILES string of the molecule is O=C(O)c1ccc(S(=O)(=O)NCCCNC2CC2)c(Br)c1. The molecule has 0 heterocycles. The van der Waals surface area contributed by atoms with Crippen LogP contribution >= 0.6 is 15.9 Å². The minimum absolute atomic E-state index is 0.0365. The first-order valence-electron chi connectivity index (χ1n) is 6.66. The van der Waals surface area contributed by atoms with Crippen LogP contribution in [0.1, 0.15) is 29.6 Å². The monoisotopic (exact) mass is 376 g/mol. The number of hydrogen-bond acceptors (Lipinski definition) is 4. The highest BCUT2D eigenvalue weighted by Gasteiger charge is 2.20. The van der Waals surface area contributed by atoms with Crippen molar-refractivity contribution in [3.63, 3.8) is 0 Å². The van der Waals surface area contributed by atoms with Gasteiger partial charge in [-0.15, -0.1) is 0 Å². The molecular formula is C13H17BrN2O4S. The number of aromatic carboxylic acids is 1. The van der Waals surface area contributed by atoms with Crippen LogP contribution in [0.25, 0.3) is 0 Å². The van der Waals surface area contributed by atoms with Crippen LogP contribution in [0.3, 0.4) is 0 Å². The van der Waals surface area contributed by atoms with Gasteiger partial charge >= 0.3 is 5.97 Å². The number of carboxylic acids is 1. The van der Waals surface area contributed by atoms with Gasteiger partial charge in [-0.25, -0.2) is 17.9 Å². The average Bonchev–Trinajstić information content (AvgIpc) is 3.21. The van der Waals surface area contributed by atoms with E-state index in [1.807, 2.05) is 0 Å².